The Balaban J connectivity index is 1.39. The summed E-state index contributed by atoms with van der Waals surface area (Å²) < 4.78 is 12.6. The molecule has 0 aliphatic carbocycles. The van der Waals surface area contributed by atoms with E-state index in [0.717, 1.165) is 33.6 Å². The van der Waals surface area contributed by atoms with E-state index in [0.29, 0.717) is 30.7 Å². The van der Waals surface area contributed by atoms with E-state index in [-0.39, 0.29) is 23.9 Å². The third-order valence-electron chi connectivity index (χ3n) is 7.99. The molecule has 10 heteroatoms. The summed E-state index contributed by atoms with van der Waals surface area (Å²) in [5.41, 5.74) is 6.61. The van der Waals surface area contributed by atoms with Crippen molar-refractivity contribution >= 4 is 11.6 Å². The quantitative estimate of drug-likeness (QED) is 0.346. The van der Waals surface area contributed by atoms with E-state index in [4.69, 9.17) is 14.6 Å². The Morgan fingerprint density at radius 1 is 1.13 bits per heavy atom. The molecule has 1 unspecified atom stereocenters. The number of hydrogen-bond acceptors (Lipinski definition) is 7. The molecular weight excluding hydrogens is 494 g/mol. The van der Waals surface area contributed by atoms with Gasteiger partial charge in [0.1, 0.15) is 6.33 Å². The second-order valence-corrected chi connectivity index (χ2v) is 10.6. The first-order valence-electron chi connectivity index (χ1n) is 13.3. The molecule has 4 heterocycles. The Labute approximate surface area is 228 Å². The number of likely N-dealkylation sites (N-methyl/N-ethyl adjacent to an activating group) is 2. The maximum absolute atomic E-state index is 13.2. The molecule has 1 fully saturated rings. The topological polar surface area (TPSA) is 101 Å². The van der Waals surface area contributed by atoms with E-state index in [1.807, 2.05) is 38.2 Å². The van der Waals surface area contributed by atoms with Crippen molar-refractivity contribution in [3.05, 3.63) is 54.0 Å². The van der Waals surface area contributed by atoms with Crippen LogP contribution in [0, 0.1) is 0 Å². The van der Waals surface area contributed by atoms with Gasteiger partial charge in [0.25, 0.3) is 0 Å². The molecule has 1 N–H and O–H groups in total. The van der Waals surface area contributed by atoms with E-state index in [9.17, 15) is 4.79 Å². The summed E-state index contributed by atoms with van der Waals surface area (Å²) in [5, 5.41) is 12.3. The third-order valence-corrected chi connectivity index (χ3v) is 7.99. The summed E-state index contributed by atoms with van der Waals surface area (Å²) in [5.74, 6) is 0.960. The molecule has 3 aromatic heterocycles. The Kier molecular flexibility index (Phi) is 7.42. The number of carbonyl (C=O) groups is 1. The van der Waals surface area contributed by atoms with E-state index in [1.165, 1.54) is 6.33 Å². The number of nitrogens with zero attached hydrogens (tertiary/aromatic N) is 6. The number of fused-ring (bicyclic) bond motifs is 1. The summed E-state index contributed by atoms with van der Waals surface area (Å²) in [7, 11) is 5.50. The summed E-state index contributed by atoms with van der Waals surface area (Å²) in [4.78, 5) is 21.4. The highest BCUT2D eigenvalue weighted by atomic mass is 16.5. The van der Waals surface area contributed by atoms with Crippen LogP contribution >= 0.6 is 0 Å². The lowest BCUT2D eigenvalue weighted by molar-refractivity contribution is -0.141. The number of methoxy groups -OCH3 is 1. The second kappa shape index (κ2) is 10.8. The van der Waals surface area contributed by atoms with Crippen LogP contribution in [0.1, 0.15) is 50.8 Å². The van der Waals surface area contributed by atoms with Gasteiger partial charge in [0, 0.05) is 29.9 Å². The largest absolute Gasteiger partial charge is 0.493 e. The van der Waals surface area contributed by atoms with Crippen LogP contribution in [-0.2, 0) is 9.53 Å². The first kappa shape index (κ1) is 26.8. The van der Waals surface area contributed by atoms with Crippen molar-refractivity contribution in [3.63, 3.8) is 0 Å². The second-order valence-electron chi connectivity index (χ2n) is 10.6. The SMILES string of the molecule is COc1cc(-c2[nH]nc(-c3ccc([C@H](C)N(C)C(=O)C(C)N(C)C4COC4)cc3)c2C(C)C)cn2ncnc12. The predicted octanol–water partition coefficient (Wildman–Crippen LogP) is 4.16. The highest BCUT2D eigenvalue weighted by molar-refractivity contribution is 5.82. The van der Waals surface area contributed by atoms with Crippen molar-refractivity contribution < 1.29 is 14.3 Å². The minimum atomic E-state index is -0.211. The van der Waals surface area contributed by atoms with Gasteiger partial charge in [-0.25, -0.2) is 9.50 Å². The molecule has 1 aliphatic rings. The number of nitrogens with one attached hydrogen (secondary N) is 1. The van der Waals surface area contributed by atoms with Crippen molar-refractivity contribution in [2.45, 2.75) is 51.7 Å². The number of H-pyrrole nitrogens is 1. The molecule has 1 aromatic carbocycles. The van der Waals surface area contributed by atoms with Crippen molar-refractivity contribution in [1.29, 1.82) is 0 Å². The van der Waals surface area contributed by atoms with Gasteiger partial charge in [-0.1, -0.05) is 38.1 Å². The lowest BCUT2D eigenvalue weighted by Crippen LogP contribution is -2.55. The van der Waals surface area contributed by atoms with Crippen molar-refractivity contribution in [2.24, 2.45) is 0 Å². The van der Waals surface area contributed by atoms with Gasteiger partial charge in [0.2, 0.25) is 5.91 Å². The molecule has 2 atom stereocenters. The van der Waals surface area contributed by atoms with Gasteiger partial charge >= 0.3 is 0 Å². The van der Waals surface area contributed by atoms with Crippen LogP contribution in [0.25, 0.3) is 28.2 Å². The molecule has 10 nitrogen and oxygen atoms in total. The molecule has 1 aliphatic heterocycles. The van der Waals surface area contributed by atoms with Crippen LogP contribution in [0.4, 0.5) is 0 Å². The molecule has 5 rings (SSSR count). The number of aromatic amines is 1. The van der Waals surface area contributed by atoms with Crippen molar-refractivity contribution in [2.75, 3.05) is 34.4 Å². The lowest BCUT2D eigenvalue weighted by atomic mass is 9.93. The third kappa shape index (κ3) is 4.90. The standard InChI is InChI=1S/C29H37N7O3/c1-17(2)25-26(32-33-27(25)22-12-24(38-7)28-30-16-31-36(28)13-22)21-10-8-20(9-11-21)18(3)35(6)29(37)19(4)34(5)23-14-39-15-23/h8-13,16-19,23H,14-15H2,1-7H3,(H,32,33)/t18-,19?/m0/s1. The zero-order valence-corrected chi connectivity index (χ0v) is 23.7. The number of carbonyl (C=O) groups excluding carboxylic acids is 1. The Bertz CT molecular complexity index is 1460. The van der Waals surface area contributed by atoms with Crippen LogP contribution in [0.3, 0.4) is 0 Å². The van der Waals surface area contributed by atoms with Gasteiger partial charge in [-0.2, -0.15) is 10.2 Å². The minimum Gasteiger partial charge on any atom is -0.493 e. The van der Waals surface area contributed by atoms with Crippen LogP contribution < -0.4 is 4.74 Å². The lowest BCUT2D eigenvalue weighted by Gasteiger charge is -2.39. The zero-order chi connectivity index (χ0) is 27.8. The van der Waals surface area contributed by atoms with Crippen molar-refractivity contribution in [1.82, 2.24) is 34.6 Å². The maximum atomic E-state index is 13.2. The van der Waals surface area contributed by atoms with Gasteiger partial charge in [-0.05, 0) is 38.4 Å². The fourth-order valence-electron chi connectivity index (χ4n) is 5.11. The van der Waals surface area contributed by atoms with E-state index in [2.05, 4.69) is 65.1 Å². The summed E-state index contributed by atoms with van der Waals surface area (Å²) in [6.45, 7) is 9.72. The summed E-state index contributed by atoms with van der Waals surface area (Å²) >= 11 is 0. The number of amides is 1. The first-order chi connectivity index (χ1) is 18.7. The van der Waals surface area contributed by atoms with Crippen LogP contribution in [0.2, 0.25) is 0 Å². The molecule has 4 aromatic rings. The van der Waals surface area contributed by atoms with Crippen LogP contribution in [0.5, 0.6) is 5.75 Å². The van der Waals surface area contributed by atoms with Gasteiger partial charge in [-0.3, -0.25) is 14.8 Å². The molecule has 1 saturated heterocycles. The van der Waals surface area contributed by atoms with Gasteiger partial charge in [-0.15, -0.1) is 0 Å². The Hall–Kier alpha value is -3.76. The molecular formula is C29H37N7O3. The summed E-state index contributed by atoms with van der Waals surface area (Å²) in [6.07, 6.45) is 3.45. The monoisotopic (exact) mass is 531 g/mol. The average molecular weight is 532 g/mol. The predicted molar refractivity (Wildman–Crippen MR) is 150 cm³/mol. The number of pyridine rings is 1. The summed E-state index contributed by atoms with van der Waals surface area (Å²) in [6, 6.07) is 10.3. The number of rotatable bonds is 9. The minimum absolute atomic E-state index is 0.0683. The molecule has 0 radical (unpaired) electrons. The van der Waals surface area contributed by atoms with E-state index in [1.54, 1.807) is 11.6 Å². The van der Waals surface area contributed by atoms with Crippen LogP contribution in [-0.4, -0.2) is 87.0 Å². The smallest absolute Gasteiger partial charge is 0.239 e. The number of benzene rings is 1. The number of ether oxygens (including phenoxy) is 2. The maximum Gasteiger partial charge on any atom is 0.239 e. The molecule has 0 bridgehead atoms. The van der Waals surface area contributed by atoms with E-state index < -0.39 is 0 Å². The normalized spacial score (nSPS) is 15.5. The van der Waals surface area contributed by atoms with E-state index >= 15 is 0 Å². The van der Waals surface area contributed by atoms with Crippen molar-refractivity contribution in [3.8, 4) is 28.3 Å². The fraction of sp³-hybridized carbons (Fsp3) is 0.448. The molecule has 39 heavy (non-hydrogen) atoms. The molecule has 0 saturated carbocycles. The highest BCUT2D eigenvalue weighted by Gasteiger charge is 2.32. The molecule has 206 valence electrons. The molecule has 0 spiro atoms. The van der Waals surface area contributed by atoms with Gasteiger partial charge < -0.3 is 14.4 Å². The first-order valence-corrected chi connectivity index (χ1v) is 13.3. The van der Waals surface area contributed by atoms with Gasteiger partial charge in [0.05, 0.1) is 49.8 Å². The average Bonchev–Trinajstić information content (AvgIpc) is 3.57. The molecule has 1 amide bonds. The van der Waals surface area contributed by atoms with Crippen LogP contribution in [0.15, 0.2) is 42.9 Å². The number of aromatic nitrogens is 5. The number of hydrogen-bond donors (Lipinski definition) is 1. The van der Waals surface area contributed by atoms with Gasteiger partial charge in [0.15, 0.2) is 11.4 Å². The fourth-order valence-corrected chi connectivity index (χ4v) is 5.11. The Morgan fingerprint density at radius 2 is 1.85 bits per heavy atom. The Morgan fingerprint density at radius 3 is 2.46 bits per heavy atom. The zero-order valence-electron chi connectivity index (χ0n) is 23.7. The highest BCUT2D eigenvalue weighted by Crippen LogP contribution is 2.37.